The second kappa shape index (κ2) is 5.16. The molecule has 0 fully saturated rings. The number of halogens is 4. The van der Waals surface area contributed by atoms with Gasteiger partial charge in [-0.2, -0.15) is 0 Å². The second-order valence-corrected chi connectivity index (χ2v) is 3.69. The zero-order valence-electron chi connectivity index (χ0n) is 9.62. The summed E-state index contributed by atoms with van der Waals surface area (Å²) >= 11 is 0. The lowest BCUT2D eigenvalue weighted by molar-refractivity contribution is 0.0698. The van der Waals surface area contributed by atoms with Crippen LogP contribution in [0.1, 0.15) is 10.4 Å². The Morgan fingerprint density at radius 2 is 1.75 bits per heavy atom. The Balaban J connectivity index is 2.54. The number of hydrogen-bond donors (Lipinski definition) is 2. The first kappa shape index (κ1) is 13.8. The molecule has 0 saturated heterocycles. The molecule has 0 aliphatic carbocycles. The number of pyridine rings is 1. The van der Waals surface area contributed by atoms with E-state index in [0.717, 1.165) is 18.5 Å². The van der Waals surface area contributed by atoms with Crippen molar-refractivity contribution in [3.05, 3.63) is 53.4 Å². The first-order valence-electron chi connectivity index (χ1n) is 5.19. The second-order valence-electron chi connectivity index (χ2n) is 3.69. The average molecular weight is 286 g/mol. The standard InChI is InChI=1S/C12H6F4N2O2/c13-6-3-7(14)10(16)11(9(6)15)18-8-4-17-2-1-5(8)12(19)20/h1-4,18H,(H,19,20). The van der Waals surface area contributed by atoms with Crippen LogP contribution in [0.3, 0.4) is 0 Å². The van der Waals surface area contributed by atoms with Crippen molar-refractivity contribution in [2.75, 3.05) is 5.32 Å². The SMILES string of the molecule is O=C(O)c1ccncc1Nc1c(F)c(F)cc(F)c1F. The molecule has 2 N–H and O–H groups in total. The average Bonchev–Trinajstić information content (AvgIpc) is 2.41. The molecule has 0 radical (unpaired) electrons. The van der Waals surface area contributed by atoms with Gasteiger partial charge >= 0.3 is 5.97 Å². The zero-order chi connectivity index (χ0) is 14.9. The molecule has 1 aromatic heterocycles. The van der Waals surface area contributed by atoms with Gasteiger partial charge in [-0.3, -0.25) is 4.98 Å². The Hall–Kier alpha value is -2.64. The maximum absolute atomic E-state index is 13.4. The van der Waals surface area contributed by atoms with Crippen LogP contribution in [-0.2, 0) is 0 Å². The van der Waals surface area contributed by atoms with Crippen LogP contribution in [0, 0.1) is 23.3 Å². The minimum absolute atomic E-state index is 0.0528. The summed E-state index contributed by atoms with van der Waals surface area (Å²) in [5, 5.41) is 10.9. The smallest absolute Gasteiger partial charge is 0.337 e. The van der Waals surface area contributed by atoms with Gasteiger partial charge < -0.3 is 10.4 Å². The third-order valence-corrected chi connectivity index (χ3v) is 2.42. The molecule has 0 spiro atoms. The number of anilines is 2. The maximum atomic E-state index is 13.4. The summed E-state index contributed by atoms with van der Waals surface area (Å²) in [6.45, 7) is 0. The fourth-order valence-corrected chi connectivity index (χ4v) is 1.50. The van der Waals surface area contributed by atoms with Crippen molar-refractivity contribution < 1.29 is 27.5 Å². The van der Waals surface area contributed by atoms with Crippen LogP contribution in [-0.4, -0.2) is 16.1 Å². The predicted octanol–water partition coefficient (Wildman–Crippen LogP) is 3.08. The van der Waals surface area contributed by atoms with Crippen LogP contribution in [0.4, 0.5) is 28.9 Å². The van der Waals surface area contributed by atoms with Crippen molar-refractivity contribution in [2.45, 2.75) is 0 Å². The summed E-state index contributed by atoms with van der Waals surface area (Å²) in [5.74, 6) is -7.93. The van der Waals surface area contributed by atoms with Crippen LogP contribution in [0.2, 0.25) is 0 Å². The highest BCUT2D eigenvalue weighted by Crippen LogP contribution is 2.28. The molecule has 0 saturated carbocycles. The zero-order valence-corrected chi connectivity index (χ0v) is 9.62. The largest absolute Gasteiger partial charge is 0.478 e. The molecule has 2 aromatic rings. The first-order valence-corrected chi connectivity index (χ1v) is 5.19. The number of nitrogens with zero attached hydrogens (tertiary/aromatic N) is 1. The van der Waals surface area contributed by atoms with Gasteiger partial charge in [0, 0.05) is 12.3 Å². The molecule has 0 atom stereocenters. The van der Waals surface area contributed by atoms with E-state index in [4.69, 9.17) is 5.11 Å². The molecule has 4 nitrogen and oxygen atoms in total. The van der Waals surface area contributed by atoms with Gasteiger partial charge in [0.15, 0.2) is 23.3 Å². The molecular weight excluding hydrogens is 280 g/mol. The summed E-state index contributed by atoms with van der Waals surface area (Å²) in [7, 11) is 0. The number of carboxylic acids is 1. The van der Waals surface area contributed by atoms with E-state index >= 15 is 0 Å². The van der Waals surface area contributed by atoms with E-state index < -0.39 is 34.9 Å². The quantitative estimate of drug-likeness (QED) is 0.672. The topological polar surface area (TPSA) is 62.2 Å². The number of hydrogen-bond acceptors (Lipinski definition) is 3. The van der Waals surface area contributed by atoms with E-state index in [2.05, 4.69) is 4.98 Å². The molecule has 0 aliphatic rings. The van der Waals surface area contributed by atoms with Gasteiger partial charge in [-0.15, -0.1) is 0 Å². The summed E-state index contributed by atoms with van der Waals surface area (Å²) in [6.07, 6.45) is 2.11. The van der Waals surface area contributed by atoms with E-state index in [1.165, 1.54) is 0 Å². The molecule has 0 bridgehead atoms. The Bertz CT molecular complexity index is 665. The maximum Gasteiger partial charge on any atom is 0.337 e. The van der Waals surface area contributed by atoms with Crippen LogP contribution >= 0.6 is 0 Å². The molecule has 1 aromatic carbocycles. The third kappa shape index (κ3) is 2.40. The van der Waals surface area contributed by atoms with Gasteiger partial charge in [-0.25, -0.2) is 22.4 Å². The highest BCUT2D eigenvalue weighted by molar-refractivity contribution is 5.94. The highest BCUT2D eigenvalue weighted by atomic mass is 19.2. The summed E-state index contributed by atoms with van der Waals surface area (Å²) in [5.41, 5.74) is -1.79. The number of benzene rings is 1. The highest BCUT2D eigenvalue weighted by Gasteiger charge is 2.21. The molecule has 8 heteroatoms. The summed E-state index contributed by atoms with van der Waals surface area (Å²) in [6, 6.07) is 1.12. The molecule has 104 valence electrons. The predicted molar refractivity (Wildman–Crippen MR) is 60.8 cm³/mol. The number of carbonyl (C=O) groups is 1. The van der Waals surface area contributed by atoms with Crippen molar-refractivity contribution in [2.24, 2.45) is 0 Å². The van der Waals surface area contributed by atoms with Crippen LogP contribution in [0.25, 0.3) is 0 Å². The Labute approximate surface area is 109 Å². The number of nitrogens with one attached hydrogen (secondary N) is 1. The number of carboxylic acid groups (broad SMARTS) is 1. The van der Waals surface area contributed by atoms with Gasteiger partial charge in [-0.05, 0) is 6.07 Å². The van der Waals surface area contributed by atoms with Crippen molar-refractivity contribution in [3.63, 3.8) is 0 Å². The van der Waals surface area contributed by atoms with Crippen LogP contribution in [0.5, 0.6) is 0 Å². The van der Waals surface area contributed by atoms with Crippen LogP contribution < -0.4 is 5.32 Å². The number of aromatic carboxylic acids is 1. The fraction of sp³-hybridized carbons (Fsp3) is 0. The summed E-state index contributed by atoms with van der Waals surface area (Å²) < 4.78 is 53.0. The van der Waals surface area contributed by atoms with E-state index in [1.54, 1.807) is 0 Å². The minimum Gasteiger partial charge on any atom is -0.478 e. The molecule has 0 aliphatic heterocycles. The van der Waals surface area contributed by atoms with E-state index in [1.807, 2.05) is 5.32 Å². The molecule has 2 rings (SSSR count). The third-order valence-electron chi connectivity index (χ3n) is 2.42. The molecule has 0 unspecified atom stereocenters. The monoisotopic (exact) mass is 286 g/mol. The van der Waals surface area contributed by atoms with Crippen molar-refractivity contribution >= 4 is 17.3 Å². The molecule has 1 heterocycles. The minimum atomic E-state index is -1.66. The van der Waals surface area contributed by atoms with Gasteiger partial charge in [0.25, 0.3) is 0 Å². The molecule has 20 heavy (non-hydrogen) atoms. The Morgan fingerprint density at radius 3 is 2.30 bits per heavy atom. The Morgan fingerprint density at radius 1 is 1.15 bits per heavy atom. The normalized spacial score (nSPS) is 10.4. The van der Waals surface area contributed by atoms with Gasteiger partial charge in [0.1, 0.15) is 5.69 Å². The van der Waals surface area contributed by atoms with E-state index in [0.29, 0.717) is 0 Å². The van der Waals surface area contributed by atoms with Crippen molar-refractivity contribution in [1.82, 2.24) is 4.98 Å². The van der Waals surface area contributed by atoms with Crippen molar-refractivity contribution in [3.8, 4) is 0 Å². The fourth-order valence-electron chi connectivity index (χ4n) is 1.50. The van der Waals surface area contributed by atoms with Gasteiger partial charge in [0.05, 0.1) is 17.4 Å². The van der Waals surface area contributed by atoms with Gasteiger partial charge in [-0.1, -0.05) is 0 Å². The lowest BCUT2D eigenvalue weighted by atomic mass is 10.2. The van der Waals surface area contributed by atoms with E-state index in [9.17, 15) is 22.4 Å². The molecular formula is C12H6F4N2O2. The van der Waals surface area contributed by atoms with E-state index in [-0.39, 0.29) is 17.3 Å². The van der Waals surface area contributed by atoms with Crippen molar-refractivity contribution in [1.29, 1.82) is 0 Å². The number of aromatic nitrogens is 1. The molecule has 0 amide bonds. The first-order chi connectivity index (χ1) is 9.41. The lowest BCUT2D eigenvalue weighted by Gasteiger charge is -2.11. The lowest BCUT2D eigenvalue weighted by Crippen LogP contribution is -2.07. The Kier molecular flexibility index (Phi) is 3.55. The van der Waals surface area contributed by atoms with Gasteiger partial charge in [0.2, 0.25) is 0 Å². The summed E-state index contributed by atoms with van der Waals surface area (Å²) in [4.78, 5) is 14.5. The van der Waals surface area contributed by atoms with Crippen LogP contribution in [0.15, 0.2) is 24.5 Å². The number of rotatable bonds is 3.